The van der Waals surface area contributed by atoms with Crippen LogP contribution in [0.3, 0.4) is 0 Å². The number of rotatable bonds is 2. The number of carbonyl (C=O) groups is 2. The van der Waals surface area contributed by atoms with Gasteiger partial charge in [-0.15, -0.1) is 0 Å². The second kappa shape index (κ2) is 4.79. The van der Waals surface area contributed by atoms with Crippen LogP contribution in [-0.4, -0.2) is 19.0 Å². The predicted octanol–water partition coefficient (Wildman–Crippen LogP) is 2.72. The van der Waals surface area contributed by atoms with Crippen molar-refractivity contribution >= 4 is 29.2 Å². The quantitative estimate of drug-likeness (QED) is 0.791. The number of ketones is 1. The van der Waals surface area contributed by atoms with Crippen LogP contribution in [0.2, 0.25) is 5.02 Å². The number of Topliss-reactive ketones (excluding diaryl/α,β-unsaturated/α-hetero) is 1. The molecule has 5 heteroatoms. The minimum Gasteiger partial charge on any atom is -0.453 e. The van der Waals surface area contributed by atoms with Gasteiger partial charge in [0.15, 0.2) is 5.78 Å². The Morgan fingerprint density at radius 1 is 1.40 bits per heavy atom. The van der Waals surface area contributed by atoms with Gasteiger partial charge in [0.25, 0.3) is 0 Å². The van der Waals surface area contributed by atoms with Crippen molar-refractivity contribution in [3.63, 3.8) is 0 Å². The molecule has 15 heavy (non-hydrogen) atoms. The van der Waals surface area contributed by atoms with Crippen LogP contribution < -0.4 is 5.32 Å². The van der Waals surface area contributed by atoms with Crippen LogP contribution in [0.5, 0.6) is 0 Å². The molecule has 1 amide bonds. The Kier molecular flexibility index (Phi) is 3.68. The maximum atomic E-state index is 11.1. The zero-order valence-electron chi connectivity index (χ0n) is 8.33. The third-order valence-electron chi connectivity index (χ3n) is 1.78. The molecule has 0 heterocycles. The zero-order chi connectivity index (χ0) is 11.4. The van der Waals surface area contributed by atoms with Crippen LogP contribution in [0.25, 0.3) is 0 Å². The van der Waals surface area contributed by atoms with Crippen LogP contribution in [0, 0.1) is 0 Å². The van der Waals surface area contributed by atoms with E-state index < -0.39 is 6.09 Å². The number of nitrogens with one attached hydrogen (secondary N) is 1. The summed E-state index contributed by atoms with van der Waals surface area (Å²) in [5.74, 6) is -0.121. The highest BCUT2D eigenvalue weighted by atomic mass is 35.5. The first kappa shape index (κ1) is 11.5. The summed E-state index contributed by atoms with van der Waals surface area (Å²) >= 11 is 5.84. The van der Waals surface area contributed by atoms with Gasteiger partial charge < -0.3 is 4.74 Å². The van der Waals surface area contributed by atoms with E-state index in [1.807, 2.05) is 0 Å². The van der Waals surface area contributed by atoms with E-state index in [4.69, 9.17) is 11.6 Å². The molecule has 1 aromatic rings. The summed E-state index contributed by atoms with van der Waals surface area (Å²) in [5, 5.41) is 2.74. The number of anilines is 1. The minimum atomic E-state index is -0.582. The van der Waals surface area contributed by atoms with Crippen molar-refractivity contribution in [2.75, 3.05) is 12.4 Å². The van der Waals surface area contributed by atoms with Gasteiger partial charge in [0.05, 0.1) is 12.1 Å². The summed E-state index contributed by atoms with van der Waals surface area (Å²) in [6.07, 6.45) is -0.582. The highest BCUT2D eigenvalue weighted by Gasteiger charge is 2.07. The summed E-state index contributed by atoms with van der Waals surface area (Å²) in [4.78, 5) is 21.9. The number of carbonyl (C=O) groups excluding carboxylic acids is 2. The van der Waals surface area contributed by atoms with E-state index in [0.717, 1.165) is 0 Å². The van der Waals surface area contributed by atoms with Crippen molar-refractivity contribution in [2.24, 2.45) is 0 Å². The molecule has 0 saturated carbocycles. The van der Waals surface area contributed by atoms with E-state index in [0.29, 0.717) is 16.3 Å². The molecule has 1 rings (SSSR count). The van der Waals surface area contributed by atoms with Crippen LogP contribution in [-0.2, 0) is 4.74 Å². The van der Waals surface area contributed by atoms with Gasteiger partial charge in [-0.05, 0) is 25.1 Å². The molecule has 1 N–H and O–H groups in total. The van der Waals surface area contributed by atoms with Crippen molar-refractivity contribution in [3.05, 3.63) is 28.8 Å². The third kappa shape index (κ3) is 2.95. The molecular formula is C10H10ClNO3. The van der Waals surface area contributed by atoms with Gasteiger partial charge in [-0.1, -0.05) is 11.6 Å². The molecule has 0 aromatic heterocycles. The van der Waals surface area contributed by atoms with E-state index in [-0.39, 0.29) is 5.78 Å². The Hall–Kier alpha value is -1.55. The summed E-state index contributed by atoms with van der Waals surface area (Å²) in [6, 6.07) is 4.63. The van der Waals surface area contributed by atoms with Crippen molar-refractivity contribution in [2.45, 2.75) is 6.92 Å². The second-order valence-corrected chi connectivity index (χ2v) is 3.27. The monoisotopic (exact) mass is 227 g/mol. The number of halogens is 1. The van der Waals surface area contributed by atoms with Gasteiger partial charge in [0.1, 0.15) is 0 Å². The Labute approximate surface area is 92.2 Å². The fraction of sp³-hybridized carbons (Fsp3) is 0.200. The molecule has 1 aromatic carbocycles. The lowest BCUT2D eigenvalue weighted by Gasteiger charge is -2.05. The van der Waals surface area contributed by atoms with Crippen molar-refractivity contribution in [3.8, 4) is 0 Å². The van der Waals surface area contributed by atoms with Crippen molar-refractivity contribution in [1.82, 2.24) is 0 Å². The average Bonchev–Trinajstić information content (AvgIpc) is 2.17. The Balaban J connectivity index is 2.91. The molecule has 0 fully saturated rings. The standard InChI is InChI=1S/C10H10ClNO3/c1-6(13)8-4-3-7(5-9(8)11)12-10(14)15-2/h3-5H,1-2H3,(H,12,14). The van der Waals surface area contributed by atoms with Gasteiger partial charge >= 0.3 is 6.09 Å². The van der Waals surface area contributed by atoms with Crippen LogP contribution in [0.4, 0.5) is 10.5 Å². The number of ether oxygens (including phenoxy) is 1. The predicted molar refractivity (Wildman–Crippen MR) is 57.5 cm³/mol. The molecule has 0 spiro atoms. The number of benzene rings is 1. The minimum absolute atomic E-state index is 0.121. The SMILES string of the molecule is COC(=O)Nc1ccc(C(C)=O)c(Cl)c1. The lowest BCUT2D eigenvalue weighted by molar-refractivity contribution is 0.101. The van der Waals surface area contributed by atoms with Crippen LogP contribution >= 0.6 is 11.6 Å². The van der Waals surface area contributed by atoms with E-state index in [2.05, 4.69) is 10.1 Å². The fourth-order valence-corrected chi connectivity index (χ4v) is 1.36. The van der Waals surface area contributed by atoms with E-state index in [9.17, 15) is 9.59 Å². The molecule has 0 saturated heterocycles. The van der Waals surface area contributed by atoms with Crippen molar-refractivity contribution in [1.29, 1.82) is 0 Å². The van der Waals surface area contributed by atoms with E-state index in [1.165, 1.54) is 20.1 Å². The highest BCUT2D eigenvalue weighted by molar-refractivity contribution is 6.34. The first-order chi connectivity index (χ1) is 7.04. The molecule has 0 aliphatic heterocycles. The van der Waals surface area contributed by atoms with Gasteiger partial charge in [0, 0.05) is 11.3 Å². The number of methoxy groups -OCH3 is 1. The second-order valence-electron chi connectivity index (χ2n) is 2.87. The molecule has 0 atom stereocenters. The van der Waals surface area contributed by atoms with Gasteiger partial charge in [-0.2, -0.15) is 0 Å². The summed E-state index contributed by atoms with van der Waals surface area (Å²) in [7, 11) is 1.26. The number of hydrogen-bond donors (Lipinski definition) is 1. The zero-order valence-corrected chi connectivity index (χ0v) is 9.09. The largest absolute Gasteiger partial charge is 0.453 e. The maximum Gasteiger partial charge on any atom is 0.411 e. The molecular weight excluding hydrogens is 218 g/mol. The number of hydrogen-bond acceptors (Lipinski definition) is 3. The normalized spacial score (nSPS) is 9.53. The van der Waals surface area contributed by atoms with Crippen LogP contribution in [0.1, 0.15) is 17.3 Å². The van der Waals surface area contributed by atoms with E-state index in [1.54, 1.807) is 12.1 Å². The lowest BCUT2D eigenvalue weighted by atomic mass is 10.1. The molecule has 0 bridgehead atoms. The number of amides is 1. The molecule has 0 unspecified atom stereocenters. The molecule has 4 nitrogen and oxygen atoms in total. The first-order valence-corrected chi connectivity index (χ1v) is 4.58. The average molecular weight is 228 g/mol. The maximum absolute atomic E-state index is 11.1. The summed E-state index contributed by atoms with van der Waals surface area (Å²) < 4.78 is 4.41. The topological polar surface area (TPSA) is 55.4 Å². The first-order valence-electron chi connectivity index (χ1n) is 4.20. The highest BCUT2D eigenvalue weighted by Crippen LogP contribution is 2.21. The summed E-state index contributed by atoms with van der Waals surface area (Å²) in [5.41, 5.74) is 0.906. The Morgan fingerprint density at radius 3 is 2.53 bits per heavy atom. The smallest absolute Gasteiger partial charge is 0.411 e. The van der Waals surface area contributed by atoms with E-state index >= 15 is 0 Å². The Bertz CT molecular complexity index is 404. The lowest BCUT2D eigenvalue weighted by Crippen LogP contribution is -2.11. The van der Waals surface area contributed by atoms with Gasteiger partial charge in [0.2, 0.25) is 0 Å². The molecule has 80 valence electrons. The Morgan fingerprint density at radius 2 is 2.07 bits per heavy atom. The van der Waals surface area contributed by atoms with Crippen molar-refractivity contribution < 1.29 is 14.3 Å². The van der Waals surface area contributed by atoms with Gasteiger partial charge in [-0.3, -0.25) is 10.1 Å². The van der Waals surface area contributed by atoms with Gasteiger partial charge in [-0.25, -0.2) is 4.79 Å². The molecule has 0 aliphatic carbocycles. The third-order valence-corrected chi connectivity index (χ3v) is 2.09. The van der Waals surface area contributed by atoms with Crippen LogP contribution in [0.15, 0.2) is 18.2 Å². The fourth-order valence-electron chi connectivity index (χ4n) is 1.05. The summed E-state index contributed by atoms with van der Waals surface area (Å²) in [6.45, 7) is 1.43. The molecule has 0 aliphatic rings. The molecule has 0 radical (unpaired) electrons.